The monoisotopic (exact) mass is 310 g/mol. The average molecular weight is 311 g/mol. The normalized spacial score (nSPS) is 10.3. The van der Waals surface area contributed by atoms with Crippen molar-refractivity contribution in [2.24, 2.45) is 0 Å². The zero-order chi connectivity index (χ0) is 12.4. The molecule has 1 N–H and O–H groups in total. The minimum Gasteiger partial charge on any atom is -0.298 e. The second-order valence-corrected chi connectivity index (χ2v) is 6.15. The van der Waals surface area contributed by atoms with Crippen LogP contribution in [0.1, 0.15) is 21.5 Å². The summed E-state index contributed by atoms with van der Waals surface area (Å²) >= 11 is 4.70. The third kappa shape index (κ3) is 2.92. The van der Waals surface area contributed by atoms with Crippen molar-refractivity contribution in [1.82, 2.24) is 4.98 Å². The van der Waals surface area contributed by atoms with Crippen molar-refractivity contribution in [3.05, 3.63) is 44.9 Å². The lowest BCUT2D eigenvalue weighted by atomic mass is 10.1. The Labute approximate surface area is 112 Å². The molecule has 0 spiro atoms. The van der Waals surface area contributed by atoms with Gasteiger partial charge in [-0.3, -0.25) is 10.1 Å². The van der Waals surface area contributed by atoms with Crippen LogP contribution < -0.4 is 5.32 Å². The molecule has 3 nitrogen and oxygen atoms in total. The second kappa shape index (κ2) is 4.98. The fourth-order valence-electron chi connectivity index (χ4n) is 1.55. The third-order valence-corrected chi connectivity index (χ3v) is 3.72. The minimum atomic E-state index is -0.121. The van der Waals surface area contributed by atoms with Crippen LogP contribution in [0, 0.1) is 13.8 Å². The first kappa shape index (κ1) is 12.3. The first-order valence-corrected chi connectivity index (χ1v) is 6.67. The van der Waals surface area contributed by atoms with Crippen LogP contribution in [0.25, 0.3) is 0 Å². The molecule has 2 rings (SSSR count). The van der Waals surface area contributed by atoms with Gasteiger partial charge in [0, 0.05) is 5.56 Å². The lowest BCUT2D eigenvalue weighted by Crippen LogP contribution is -2.13. The Morgan fingerprint density at radius 1 is 1.41 bits per heavy atom. The van der Waals surface area contributed by atoms with Crippen molar-refractivity contribution in [2.45, 2.75) is 13.8 Å². The lowest BCUT2D eigenvalue weighted by molar-refractivity contribution is 0.102. The van der Waals surface area contributed by atoms with Crippen LogP contribution in [0.15, 0.2) is 28.2 Å². The maximum atomic E-state index is 12.0. The molecule has 2 aromatic rings. The Hall–Kier alpha value is -1.20. The molecule has 0 bridgehead atoms. The van der Waals surface area contributed by atoms with Gasteiger partial charge in [0.15, 0.2) is 5.13 Å². The molecule has 1 heterocycles. The van der Waals surface area contributed by atoms with Crippen molar-refractivity contribution >= 4 is 38.3 Å². The van der Waals surface area contributed by atoms with Crippen molar-refractivity contribution in [1.29, 1.82) is 0 Å². The number of halogens is 1. The molecule has 0 aliphatic carbocycles. The van der Waals surface area contributed by atoms with Crippen molar-refractivity contribution in [3.63, 3.8) is 0 Å². The van der Waals surface area contributed by atoms with E-state index in [0.29, 0.717) is 10.7 Å². The molecule has 0 atom stereocenters. The van der Waals surface area contributed by atoms with E-state index in [1.165, 1.54) is 11.3 Å². The quantitative estimate of drug-likeness (QED) is 0.917. The topological polar surface area (TPSA) is 42.0 Å². The molecule has 0 radical (unpaired) electrons. The number of anilines is 1. The summed E-state index contributed by atoms with van der Waals surface area (Å²) < 4.78 is 0.897. The van der Waals surface area contributed by atoms with Gasteiger partial charge in [-0.2, -0.15) is 0 Å². The SMILES string of the molecule is Cc1ccc(C(=O)Nc2ncc(Br)s2)c(C)c1. The van der Waals surface area contributed by atoms with Crippen molar-refractivity contribution < 1.29 is 4.79 Å². The van der Waals surface area contributed by atoms with Gasteiger partial charge in [-0.05, 0) is 41.4 Å². The molecule has 1 aromatic carbocycles. The van der Waals surface area contributed by atoms with Crippen LogP contribution in [-0.2, 0) is 0 Å². The number of aryl methyl sites for hydroxylation is 2. The van der Waals surface area contributed by atoms with Crippen molar-refractivity contribution in [3.8, 4) is 0 Å². The van der Waals surface area contributed by atoms with E-state index in [1.807, 2.05) is 32.0 Å². The van der Waals surface area contributed by atoms with E-state index in [1.54, 1.807) is 6.20 Å². The molecule has 0 fully saturated rings. The fraction of sp³-hybridized carbons (Fsp3) is 0.167. The number of aromatic nitrogens is 1. The van der Waals surface area contributed by atoms with Gasteiger partial charge in [0.05, 0.1) is 9.98 Å². The number of amides is 1. The first-order valence-electron chi connectivity index (χ1n) is 5.06. The summed E-state index contributed by atoms with van der Waals surface area (Å²) in [6.07, 6.45) is 1.67. The van der Waals surface area contributed by atoms with Crippen LogP contribution in [0.5, 0.6) is 0 Å². The second-order valence-electron chi connectivity index (χ2n) is 3.74. The standard InChI is InChI=1S/C12H11BrN2OS/c1-7-3-4-9(8(2)5-7)11(16)15-12-14-6-10(13)17-12/h3-6H,1-2H3,(H,14,15,16). The van der Waals surface area contributed by atoms with Crippen LogP contribution >= 0.6 is 27.3 Å². The zero-order valence-electron chi connectivity index (χ0n) is 9.45. The smallest absolute Gasteiger partial charge is 0.257 e. The highest BCUT2D eigenvalue weighted by Gasteiger charge is 2.10. The Kier molecular flexibility index (Phi) is 3.59. The molecular weight excluding hydrogens is 300 g/mol. The number of hydrogen-bond acceptors (Lipinski definition) is 3. The number of rotatable bonds is 2. The fourth-order valence-corrected chi connectivity index (χ4v) is 2.65. The number of carbonyl (C=O) groups excluding carboxylic acids is 1. The van der Waals surface area contributed by atoms with Gasteiger partial charge >= 0.3 is 0 Å². The number of nitrogens with zero attached hydrogens (tertiary/aromatic N) is 1. The Morgan fingerprint density at radius 2 is 2.18 bits per heavy atom. The number of nitrogens with one attached hydrogen (secondary N) is 1. The summed E-state index contributed by atoms with van der Waals surface area (Å²) in [5.41, 5.74) is 2.80. The highest BCUT2D eigenvalue weighted by molar-refractivity contribution is 9.11. The number of benzene rings is 1. The molecule has 0 saturated carbocycles. The molecule has 1 aromatic heterocycles. The van der Waals surface area contributed by atoms with E-state index in [0.717, 1.165) is 14.9 Å². The van der Waals surface area contributed by atoms with Crippen LogP contribution in [0.4, 0.5) is 5.13 Å². The van der Waals surface area contributed by atoms with E-state index < -0.39 is 0 Å². The van der Waals surface area contributed by atoms with Crippen LogP contribution in [0.3, 0.4) is 0 Å². The molecule has 0 unspecified atom stereocenters. The Morgan fingerprint density at radius 3 is 2.76 bits per heavy atom. The number of hydrogen-bond donors (Lipinski definition) is 1. The summed E-state index contributed by atoms with van der Waals surface area (Å²) in [5.74, 6) is -0.121. The van der Waals surface area contributed by atoms with Gasteiger partial charge in [-0.25, -0.2) is 4.98 Å². The van der Waals surface area contributed by atoms with E-state index >= 15 is 0 Å². The first-order chi connectivity index (χ1) is 8.06. The average Bonchev–Trinajstić information content (AvgIpc) is 2.63. The number of thiazole rings is 1. The van der Waals surface area contributed by atoms with E-state index in [4.69, 9.17) is 0 Å². The molecule has 1 amide bonds. The maximum Gasteiger partial charge on any atom is 0.257 e. The van der Waals surface area contributed by atoms with Gasteiger partial charge in [0.2, 0.25) is 0 Å². The predicted molar refractivity (Wildman–Crippen MR) is 73.7 cm³/mol. The molecule has 88 valence electrons. The zero-order valence-corrected chi connectivity index (χ0v) is 11.9. The minimum absolute atomic E-state index is 0.121. The van der Waals surface area contributed by atoms with Gasteiger partial charge < -0.3 is 0 Å². The highest BCUT2D eigenvalue weighted by atomic mass is 79.9. The summed E-state index contributed by atoms with van der Waals surface area (Å²) in [5, 5.41) is 3.38. The van der Waals surface area contributed by atoms with Gasteiger partial charge in [-0.1, -0.05) is 29.0 Å². The van der Waals surface area contributed by atoms with Gasteiger partial charge in [0.1, 0.15) is 0 Å². The summed E-state index contributed by atoms with van der Waals surface area (Å²) in [4.78, 5) is 16.1. The lowest BCUT2D eigenvalue weighted by Gasteiger charge is -2.05. The molecular formula is C12H11BrN2OS. The Balaban J connectivity index is 2.20. The highest BCUT2D eigenvalue weighted by Crippen LogP contribution is 2.24. The predicted octanol–water partition coefficient (Wildman–Crippen LogP) is 3.77. The summed E-state index contributed by atoms with van der Waals surface area (Å²) in [6, 6.07) is 5.76. The molecule has 0 aliphatic heterocycles. The largest absolute Gasteiger partial charge is 0.298 e. The summed E-state index contributed by atoms with van der Waals surface area (Å²) in [6.45, 7) is 3.94. The van der Waals surface area contributed by atoms with Crippen LogP contribution in [0.2, 0.25) is 0 Å². The third-order valence-electron chi connectivity index (χ3n) is 2.32. The van der Waals surface area contributed by atoms with E-state index in [9.17, 15) is 4.79 Å². The van der Waals surface area contributed by atoms with Gasteiger partial charge in [-0.15, -0.1) is 0 Å². The van der Waals surface area contributed by atoms with E-state index in [2.05, 4.69) is 26.2 Å². The van der Waals surface area contributed by atoms with Gasteiger partial charge in [0.25, 0.3) is 5.91 Å². The van der Waals surface area contributed by atoms with Crippen LogP contribution in [-0.4, -0.2) is 10.9 Å². The molecule has 0 aliphatic rings. The molecule has 17 heavy (non-hydrogen) atoms. The Bertz CT molecular complexity index is 565. The molecule has 5 heteroatoms. The van der Waals surface area contributed by atoms with E-state index in [-0.39, 0.29) is 5.91 Å². The van der Waals surface area contributed by atoms with Crippen molar-refractivity contribution in [2.75, 3.05) is 5.32 Å². The maximum absolute atomic E-state index is 12.0. The molecule has 0 saturated heterocycles. The summed E-state index contributed by atoms with van der Waals surface area (Å²) in [7, 11) is 0. The number of carbonyl (C=O) groups is 1.